The molecule has 0 aliphatic heterocycles. The third-order valence-corrected chi connectivity index (χ3v) is 3.35. The maximum Gasteiger partial charge on any atom is 0.247 e. The average molecular weight is 288 g/mol. The molecule has 0 bridgehead atoms. The first-order valence-electron chi connectivity index (χ1n) is 6.83. The molecule has 21 heavy (non-hydrogen) atoms. The van der Waals surface area contributed by atoms with Crippen molar-refractivity contribution in [3.63, 3.8) is 0 Å². The summed E-state index contributed by atoms with van der Waals surface area (Å²) < 4.78 is 7.09. The van der Waals surface area contributed by atoms with E-state index in [4.69, 9.17) is 10.5 Å². The SMILES string of the molecule is CCc1nccn1C(C)C(=O)Nc1ccc(N)cc1OC. The number of carbonyl (C=O) groups is 1. The molecule has 1 aromatic carbocycles. The summed E-state index contributed by atoms with van der Waals surface area (Å²) in [4.78, 5) is 16.6. The summed E-state index contributed by atoms with van der Waals surface area (Å²) in [6.07, 6.45) is 4.28. The molecule has 0 spiro atoms. The summed E-state index contributed by atoms with van der Waals surface area (Å²) in [5.74, 6) is 1.28. The Morgan fingerprint density at radius 1 is 1.52 bits per heavy atom. The molecule has 0 fully saturated rings. The van der Waals surface area contributed by atoms with Crippen LogP contribution in [0.4, 0.5) is 11.4 Å². The number of nitrogens with two attached hydrogens (primary N) is 1. The number of aryl methyl sites for hydroxylation is 1. The third-order valence-electron chi connectivity index (χ3n) is 3.35. The molecular formula is C15H20N4O2. The van der Waals surface area contributed by atoms with Crippen molar-refractivity contribution in [3.05, 3.63) is 36.4 Å². The number of ether oxygens (including phenoxy) is 1. The maximum absolute atomic E-state index is 12.4. The van der Waals surface area contributed by atoms with Gasteiger partial charge in [-0.15, -0.1) is 0 Å². The highest BCUT2D eigenvalue weighted by molar-refractivity contribution is 5.95. The zero-order chi connectivity index (χ0) is 15.4. The van der Waals surface area contributed by atoms with Crippen LogP contribution in [-0.2, 0) is 11.2 Å². The van der Waals surface area contributed by atoms with Crippen molar-refractivity contribution in [1.29, 1.82) is 0 Å². The summed E-state index contributed by atoms with van der Waals surface area (Å²) in [6.45, 7) is 3.84. The first-order valence-corrected chi connectivity index (χ1v) is 6.83. The number of imidazole rings is 1. The number of rotatable bonds is 5. The van der Waals surface area contributed by atoms with Crippen molar-refractivity contribution in [2.24, 2.45) is 0 Å². The normalized spacial score (nSPS) is 12.0. The molecule has 1 atom stereocenters. The van der Waals surface area contributed by atoms with Crippen molar-refractivity contribution < 1.29 is 9.53 Å². The van der Waals surface area contributed by atoms with Gasteiger partial charge in [0.25, 0.3) is 0 Å². The molecule has 1 amide bonds. The van der Waals surface area contributed by atoms with E-state index < -0.39 is 0 Å². The summed E-state index contributed by atoms with van der Waals surface area (Å²) in [6, 6.07) is 4.77. The monoisotopic (exact) mass is 288 g/mol. The molecule has 0 aliphatic rings. The molecule has 0 saturated heterocycles. The maximum atomic E-state index is 12.4. The number of nitrogens with zero attached hydrogens (tertiary/aromatic N) is 2. The fourth-order valence-corrected chi connectivity index (χ4v) is 2.14. The second-order valence-corrected chi connectivity index (χ2v) is 4.73. The zero-order valence-electron chi connectivity index (χ0n) is 12.5. The van der Waals surface area contributed by atoms with Crippen LogP contribution in [0, 0.1) is 0 Å². The highest BCUT2D eigenvalue weighted by Crippen LogP contribution is 2.27. The number of hydrogen-bond donors (Lipinski definition) is 2. The number of carbonyl (C=O) groups excluding carboxylic acids is 1. The minimum absolute atomic E-state index is 0.134. The van der Waals surface area contributed by atoms with Gasteiger partial charge in [0.15, 0.2) is 0 Å². The smallest absolute Gasteiger partial charge is 0.247 e. The Bertz CT molecular complexity index is 636. The van der Waals surface area contributed by atoms with Gasteiger partial charge in [-0.2, -0.15) is 0 Å². The first-order chi connectivity index (χ1) is 10.1. The molecule has 0 aliphatic carbocycles. The lowest BCUT2D eigenvalue weighted by Crippen LogP contribution is -2.24. The van der Waals surface area contributed by atoms with Gasteiger partial charge in [0.1, 0.15) is 17.6 Å². The van der Waals surface area contributed by atoms with Crippen LogP contribution in [0.25, 0.3) is 0 Å². The molecule has 2 aromatic rings. The van der Waals surface area contributed by atoms with Crippen LogP contribution in [0.3, 0.4) is 0 Å². The molecular weight excluding hydrogens is 268 g/mol. The quantitative estimate of drug-likeness (QED) is 0.827. The van der Waals surface area contributed by atoms with Crippen LogP contribution in [0.1, 0.15) is 25.7 Å². The summed E-state index contributed by atoms with van der Waals surface area (Å²) in [5.41, 5.74) is 6.89. The van der Waals surface area contributed by atoms with Crippen molar-refractivity contribution in [2.75, 3.05) is 18.2 Å². The number of anilines is 2. The number of aromatic nitrogens is 2. The number of amides is 1. The van der Waals surface area contributed by atoms with Crippen LogP contribution >= 0.6 is 0 Å². The Hall–Kier alpha value is -2.50. The van der Waals surface area contributed by atoms with E-state index in [2.05, 4.69) is 10.3 Å². The Morgan fingerprint density at radius 2 is 2.29 bits per heavy atom. The van der Waals surface area contributed by atoms with Crippen LogP contribution in [-0.4, -0.2) is 22.6 Å². The first kappa shape index (κ1) is 14.9. The van der Waals surface area contributed by atoms with Crippen molar-refractivity contribution in [2.45, 2.75) is 26.3 Å². The number of methoxy groups -OCH3 is 1. The minimum Gasteiger partial charge on any atom is -0.494 e. The Labute approximate surface area is 123 Å². The van der Waals surface area contributed by atoms with E-state index in [1.165, 1.54) is 0 Å². The second-order valence-electron chi connectivity index (χ2n) is 4.73. The topological polar surface area (TPSA) is 82.2 Å². The molecule has 1 unspecified atom stereocenters. The number of nitrogen functional groups attached to an aromatic ring is 1. The van der Waals surface area contributed by atoms with Crippen LogP contribution < -0.4 is 15.8 Å². The van der Waals surface area contributed by atoms with Gasteiger partial charge in [-0.3, -0.25) is 4.79 Å². The van der Waals surface area contributed by atoms with Crippen LogP contribution in [0.5, 0.6) is 5.75 Å². The predicted molar refractivity (Wildman–Crippen MR) is 82.4 cm³/mol. The lowest BCUT2D eigenvalue weighted by Gasteiger charge is -2.17. The standard InChI is InChI=1S/C15H20N4O2/c1-4-14-17-7-8-19(14)10(2)15(20)18-12-6-5-11(16)9-13(12)21-3/h5-10H,4,16H2,1-3H3,(H,18,20). The van der Waals surface area contributed by atoms with E-state index in [-0.39, 0.29) is 11.9 Å². The molecule has 1 aromatic heterocycles. The van der Waals surface area contributed by atoms with Crippen LogP contribution in [0.15, 0.2) is 30.6 Å². The Morgan fingerprint density at radius 3 is 2.95 bits per heavy atom. The number of benzene rings is 1. The molecule has 112 valence electrons. The van der Waals surface area contributed by atoms with Gasteiger partial charge < -0.3 is 20.4 Å². The van der Waals surface area contributed by atoms with Crippen LogP contribution in [0.2, 0.25) is 0 Å². The van der Waals surface area contributed by atoms with Gasteiger partial charge >= 0.3 is 0 Å². The predicted octanol–water partition coefficient (Wildman–Crippen LogP) is 2.24. The van der Waals surface area contributed by atoms with Gasteiger partial charge in [-0.05, 0) is 19.1 Å². The van der Waals surface area contributed by atoms with Crippen molar-refractivity contribution in [3.8, 4) is 5.75 Å². The Balaban J connectivity index is 2.18. The number of nitrogens with one attached hydrogen (secondary N) is 1. The van der Waals surface area contributed by atoms with Gasteiger partial charge in [0.2, 0.25) is 5.91 Å². The third kappa shape index (κ3) is 3.16. The van der Waals surface area contributed by atoms with Gasteiger partial charge in [0.05, 0.1) is 12.8 Å². The van der Waals surface area contributed by atoms with Crippen molar-refractivity contribution in [1.82, 2.24) is 9.55 Å². The second kappa shape index (κ2) is 6.30. The van der Waals surface area contributed by atoms with Crippen molar-refractivity contribution >= 4 is 17.3 Å². The fourth-order valence-electron chi connectivity index (χ4n) is 2.14. The van der Waals surface area contributed by atoms with E-state index >= 15 is 0 Å². The van der Waals surface area contributed by atoms with Gasteiger partial charge in [-0.25, -0.2) is 4.98 Å². The van der Waals surface area contributed by atoms with E-state index in [1.54, 1.807) is 31.5 Å². The molecule has 6 nitrogen and oxygen atoms in total. The fraction of sp³-hybridized carbons (Fsp3) is 0.333. The van der Waals surface area contributed by atoms with Gasteiger partial charge in [0, 0.05) is 30.6 Å². The minimum atomic E-state index is -0.357. The molecule has 1 heterocycles. The van der Waals surface area contributed by atoms with E-state index in [0.29, 0.717) is 17.1 Å². The molecule has 0 radical (unpaired) electrons. The largest absolute Gasteiger partial charge is 0.494 e. The highest BCUT2D eigenvalue weighted by atomic mass is 16.5. The lowest BCUT2D eigenvalue weighted by atomic mass is 10.2. The van der Waals surface area contributed by atoms with E-state index in [1.807, 2.05) is 24.6 Å². The molecule has 0 saturated carbocycles. The molecule has 3 N–H and O–H groups in total. The summed E-state index contributed by atoms with van der Waals surface area (Å²) in [5, 5.41) is 2.86. The zero-order valence-corrected chi connectivity index (χ0v) is 12.5. The van der Waals surface area contributed by atoms with E-state index in [9.17, 15) is 4.79 Å². The molecule has 6 heteroatoms. The molecule has 2 rings (SSSR count). The highest BCUT2D eigenvalue weighted by Gasteiger charge is 2.18. The average Bonchev–Trinajstić information content (AvgIpc) is 2.96. The summed E-state index contributed by atoms with van der Waals surface area (Å²) >= 11 is 0. The summed E-state index contributed by atoms with van der Waals surface area (Å²) in [7, 11) is 1.54. The Kier molecular flexibility index (Phi) is 4.47. The number of hydrogen-bond acceptors (Lipinski definition) is 4. The van der Waals surface area contributed by atoms with Gasteiger partial charge in [-0.1, -0.05) is 6.92 Å². The van der Waals surface area contributed by atoms with E-state index in [0.717, 1.165) is 12.2 Å². The lowest BCUT2D eigenvalue weighted by molar-refractivity contribution is -0.118.